The van der Waals surface area contributed by atoms with E-state index in [4.69, 9.17) is 0 Å². The number of rotatable bonds is 4. The summed E-state index contributed by atoms with van der Waals surface area (Å²) in [6, 6.07) is 0. The summed E-state index contributed by atoms with van der Waals surface area (Å²) in [6.45, 7) is 0. The van der Waals surface area contributed by atoms with Gasteiger partial charge in [-0.15, -0.1) is 11.3 Å². The smallest absolute Gasteiger partial charge is 0.0925 e. The van der Waals surface area contributed by atoms with E-state index in [1.165, 1.54) is 12.8 Å². The lowest BCUT2D eigenvalue weighted by atomic mass is 10.1. The Morgan fingerprint density at radius 1 is 1.67 bits per heavy atom. The molecule has 0 radical (unpaired) electrons. The van der Waals surface area contributed by atoms with Gasteiger partial charge in [0.1, 0.15) is 0 Å². The Balaban J connectivity index is 1.74. The first-order valence-electron chi connectivity index (χ1n) is 4.42. The van der Waals surface area contributed by atoms with Crippen molar-refractivity contribution in [1.29, 1.82) is 0 Å². The number of aliphatic hydroxyl groups excluding tert-OH is 1. The Hall–Kier alpha value is -0.410. The molecule has 1 fully saturated rings. The lowest BCUT2D eigenvalue weighted by Gasteiger charge is -2.06. The number of aliphatic hydroxyl groups is 1. The molecule has 12 heavy (non-hydrogen) atoms. The van der Waals surface area contributed by atoms with Gasteiger partial charge in [0, 0.05) is 18.0 Å². The van der Waals surface area contributed by atoms with Crippen molar-refractivity contribution in [3.63, 3.8) is 0 Å². The highest BCUT2D eigenvalue weighted by molar-refractivity contribution is 7.09. The third-order valence-corrected chi connectivity index (χ3v) is 3.14. The van der Waals surface area contributed by atoms with Crippen LogP contribution in [-0.4, -0.2) is 16.2 Å². The lowest BCUT2D eigenvalue weighted by Crippen LogP contribution is -2.09. The molecule has 1 aliphatic carbocycles. The molecule has 1 aromatic rings. The number of aromatic nitrogens is 1. The molecular formula is C9H13NOS. The molecule has 0 spiro atoms. The summed E-state index contributed by atoms with van der Waals surface area (Å²) in [5, 5.41) is 12.7. The molecule has 1 aromatic heterocycles. The number of nitrogens with zero attached hydrogens (tertiary/aromatic N) is 1. The van der Waals surface area contributed by atoms with Crippen molar-refractivity contribution >= 4 is 11.3 Å². The van der Waals surface area contributed by atoms with Gasteiger partial charge in [-0.3, -0.25) is 0 Å². The summed E-state index contributed by atoms with van der Waals surface area (Å²) in [5.41, 5.74) is 0. The predicted octanol–water partition coefficient (Wildman–Crippen LogP) is 1.85. The van der Waals surface area contributed by atoms with Gasteiger partial charge in [-0.1, -0.05) is 0 Å². The van der Waals surface area contributed by atoms with Crippen LogP contribution in [0.4, 0.5) is 0 Å². The zero-order valence-corrected chi connectivity index (χ0v) is 7.76. The van der Waals surface area contributed by atoms with Gasteiger partial charge in [0.15, 0.2) is 0 Å². The molecule has 1 unspecified atom stereocenters. The highest BCUT2D eigenvalue weighted by atomic mass is 32.1. The molecule has 2 rings (SSSR count). The topological polar surface area (TPSA) is 33.1 Å². The third-order valence-electron chi connectivity index (χ3n) is 2.30. The van der Waals surface area contributed by atoms with Gasteiger partial charge in [-0.25, -0.2) is 4.98 Å². The Bertz CT molecular complexity index is 231. The van der Waals surface area contributed by atoms with Gasteiger partial charge in [-0.2, -0.15) is 0 Å². The Kier molecular flexibility index (Phi) is 2.42. The predicted molar refractivity (Wildman–Crippen MR) is 49.2 cm³/mol. The normalized spacial score (nSPS) is 19.4. The number of hydrogen-bond donors (Lipinski definition) is 1. The van der Waals surface area contributed by atoms with Crippen LogP contribution in [0.1, 0.15) is 24.3 Å². The van der Waals surface area contributed by atoms with Crippen LogP contribution in [0.5, 0.6) is 0 Å². The van der Waals surface area contributed by atoms with Crippen molar-refractivity contribution in [1.82, 2.24) is 4.98 Å². The molecule has 1 aliphatic rings. The van der Waals surface area contributed by atoms with Crippen molar-refractivity contribution in [2.45, 2.75) is 31.8 Å². The standard InChI is InChI=1S/C9H13NOS/c11-8(7-1-2-7)3-4-9-10-5-6-12-9/h5-8,11H,1-4H2. The van der Waals surface area contributed by atoms with Crippen LogP contribution in [0.25, 0.3) is 0 Å². The summed E-state index contributed by atoms with van der Waals surface area (Å²) < 4.78 is 0. The molecule has 0 bridgehead atoms. The SMILES string of the molecule is OC(CCc1nccs1)C1CC1. The Morgan fingerprint density at radius 3 is 3.08 bits per heavy atom. The highest BCUT2D eigenvalue weighted by Gasteiger charge is 2.29. The van der Waals surface area contributed by atoms with Gasteiger partial charge in [0.2, 0.25) is 0 Å². The monoisotopic (exact) mass is 183 g/mol. The molecule has 0 aromatic carbocycles. The fraction of sp³-hybridized carbons (Fsp3) is 0.667. The quantitative estimate of drug-likeness (QED) is 0.772. The van der Waals surface area contributed by atoms with E-state index in [1.807, 2.05) is 11.6 Å². The van der Waals surface area contributed by atoms with Crippen LogP contribution >= 0.6 is 11.3 Å². The molecule has 1 atom stereocenters. The fourth-order valence-corrected chi connectivity index (χ4v) is 2.00. The largest absolute Gasteiger partial charge is 0.393 e. The van der Waals surface area contributed by atoms with Crippen molar-refractivity contribution < 1.29 is 5.11 Å². The third kappa shape index (κ3) is 2.05. The molecule has 0 amide bonds. The maximum Gasteiger partial charge on any atom is 0.0925 e. The average molecular weight is 183 g/mol. The van der Waals surface area contributed by atoms with Gasteiger partial charge >= 0.3 is 0 Å². The van der Waals surface area contributed by atoms with E-state index >= 15 is 0 Å². The zero-order chi connectivity index (χ0) is 8.39. The molecule has 2 nitrogen and oxygen atoms in total. The van der Waals surface area contributed by atoms with Crippen LogP contribution in [-0.2, 0) is 6.42 Å². The first-order valence-corrected chi connectivity index (χ1v) is 5.30. The molecule has 1 saturated carbocycles. The van der Waals surface area contributed by atoms with Crippen LogP contribution in [0.3, 0.4) is 0 Å². The molecule has 3 heteroatoms. The van der Waals surface area contributed by atoms with E-state index in [9.17, 15) is 5.11 Å². The van der Waals surface area contributed by atoms with E-state index in [1.54, 1.807) is 11.3 Å². The summed E-state index contributed by atoms with van der Waals surface area (Å²) in [4.78, 5) is 4.18. The van der Waals surface area contributed by atoms with Gasteiger partial charge in [-0.05, 0) is 25.2 Å². The van der Waals surface area contributed by atoms with E-state index in [2.05, 4.69) is 4.98 Å². The van der Waals surface area contributed by atoms with Crippen LogP contribution < -0.4 is 0 Å². The minimum atomic E-state index is -0.0751. The van der Waals surface area contributed by atoms with Crippen LogP contribution in [0.15, 0.2) is 11.6 Å². The Morgan fingerprint density at radius 2 is 2.50 bits per heavy atom. The molecule has 1 heterocycles. The second kappa shape index (κ2) is 3.54. The molecule has 0 saturated heterocycles. The second-order valence-electron chi connectivity index (χ2n) is 3.37. The summed E-state index contributed by atoms with van der Waals surface area (Å²) >= 11 is 1.67. The molecular weight excluding hydrogens is 170 g/mol. The summed E-state index contributed by atoms with van der Waals surface area (Å²) in [5.74, 6) is 0.602. The Labute approximate surface area is 76.3 Å². The first-order chi connectivity index (χ1) is 5.86. The van der Waals surface area contributed by atoms with Crippen LogP contribution in [0, 0.1) is 5.92 Å². The van der Waals surface area contributed by atoms with Gasteiger partial charge in [0.25, 0.3) is 0 Å². The van der Waals surface area contributed by atoms with Crippen molar-refractivity contribution in [2.24, 2.45) is 5.92 Å². The first kappa shape index (κ1) is 8.20. The van der Waals surface area contributed by atoms with E-state index in [0.717, 1.165) is 17.8 Å². The summed E-state index contributed by atoms with van der Waals surface area (Å²) in [7, 11) is 0. The number of aryl methyl sites for hydroxylation is 1. The molecule has 0 aliphatic heterocycles. The number of thiazole rings is 1. The van der Waals surface area contributed by atoms with E-state index in [-0.39, 0.29) is 6.10 Å². The minimum Gasteiger partial charge on any atom is -0.393 e. The second-order valence-corrected chi connectivity index (χ2v) is 4.35. The van der Waals surface area contributed by atoms with Gasteiger partial charge in [0.05, 0.1) is 11.1 Å². The lowest BCUT2D eigenvalue weighted by molar-refractivity contribution is 0.142. The molecule has 66 valence electrons. The van der Waals surface area contributed by atoms with Crippen molar-refractivity contribution in [2.75, 3.05) is 0 Å². The highest BCUT2D eigenvalue weighted by Crippen LogP contribution is 2.34. The van der Waals surface area contributed by atoms with Crippen molar-refractivity contribution in [3.05, 3.63) is 16.6 Å². The summed E-state index contributed by atoms with van der Waals surface area (Å²) in [6.07, 6.45) is 6.02. The van der Waals surface area contributed by atoms with E-state index < -0.39 is 0 Å². The zero-order valence-electron chi connectivity index (χ0n) is 6.94. The molecule has 1 N–H and O–H groups in total. The fourth-order valence-electron chi connectivity index (χ4n) is 1.36. The maximum absolute atomic E-state index is 9.56. The van der Waals surface area contributed by atoms with Crippen molar-refractivity contribution in [3.8, 4) is 0 Å². The number of hydrogen-bond acceptors (Lipinski definition) is 3. The minimum absolute atomic E-state index is 0.0751. The van der Waals surface area contributed by atoms with Gasteiger partial charge < -0.3 is 5.11 Å². The van der Waals surface area contributed by atoms with Crippen LogP contribution in [0.2, 0.25) is 0 Å². The van der Waals surface area contributed by atoms with E-state index in [0.29, 0.717) is 5.92 Å². The average Bonchev–Trinajstić information content (AvgIpc) is 2.80. The maximum atomic E-state index is 9.56.